The smallest absolute Gasteiger partial charge is 0.286 e. The molecule has 0 aliphatic heterocycles. The van der Waals surface area contributed by atoms with Gasteiger partial charge in [0.1, 0.15) is 0 Å². The molecule has 2 rings (SSSR count). The Morgan fingerprint density at radius 3 is 2.67 bits per heavy atom. The number of amides is 1. The first-order valence-electron chi connectivity index (χ1n) is 7.85. The van der Waals surface area contributed by atoms with E-state index in [0.29, 0.717) is 12.3 Å². The SMILES string of the molecule is COc1ccc(CN(C)CCCNC(=O)c2ccco2)cc1OC. The molecular formula is C18H24N2O4. The minimum absolute atomic E-state index is 0.178. The van der Waals surface area contributed by atoms with Gasteiger partial charge in [0.05, 0.1) is 20.5 Å². The molecule has 0 aliphatic rings. The fraction of sp³-hybridized carbons (Fsp3) is 0.389. The number of hydrogen-bond donors (Lipinski definition) is 1. The van der Waals surface area contributed by atoms with E-state index in [9.17, 15) is 4.79 Å². The summed E-state index contributed by atoms with van der Waals surface area (Å²) in [5.41, 5.74) is 1.15. The van der Waals surface area contributed by atoms with Crippen LogP contribution in [0.1, 0.15) is 22.5 Å². The fourth-order valence-corrected chi connectivity index (χ4v) is 2.42. The van der Waals surface area contributed by atoms with Crippen LogP contribution in [0.25, 0.3) is 0 Å². The predicted octanol–water partition coefficient (Wildman–Crippen LogP) is 2.55. The van der Waals surface area contributed by atoms with Gasteiger partial charge in [0.2, 0.25) is 0 Å². The van der Waals surface area contributed by atoms with E-state index in [2.05, 4.69) is 10.2 Å². The van der Waals surface area contributed by atoms with Gasteiger partial charge in [-0.25, -0.2) is 0 Å². The highest BCUT2D eigenvalue weighted by Crippen LogP contribution is 2.27. The number of nitrogens with one attached hydrogen (secondary N) is 1. The molecule has 0 saturated carbocycles. The van der Waals surface area contributed by atoms with Crippen molar-refractivity contribution in [2.45, 2.75) is 13.0 Å². The summed E-state index contributed by atoms with van der Waals surface area (Å²) in [5, 5.41) is 2.84. The minimum Gasteiger partial charge on any atom is -0.493 e. The van der Waals surface area contributed by atoms with E-state index in [0.717, 1.165) is 36.6 Å². The molecule has 0 aliphatic carbocycles. The van der Waals surface area contributed by atoms with Crippen molar-refractivity contribution in [2.24, 2.45) is 0 Å². The molecule has 1 aromatic heterocycles. The van der Waals surface area contributed by atoms with Crippen LogP contribution in [0.4, 0.5) is 0 Å². The van der Waals surface area contributed by atoms with Crippen LogP contribution < -0.4 is 14.8 Å². The van der Waals surface area contributed by atoms with Gasteiger partial charge in [-0.1, -0.05) is 6.07 Å². The third kappa shape index (κ3) is 5.03. The Morgan fingerprint density at radius 2 is 2.00 bits per heavy atom. The number of carbonyl (C=O) groups is 1. The van der Waals surface area contributed by atoms with Gasteiger partial charge in [-0.15, -0.1) is 0 Å². The maximum Gasteiger partial charge on any atom is 0.286 e. The molecule has 0 radical (unpaired) electrons. The molecule has 0 unspecified atom stereocenters. The first-order chi connectivity index (χ1) is 11.6. The van der Waals surface area contributed by atoms with Gasteiger partial charge in [0.25, 0.3) is 5.91 Å². The van der Waals surface area contributed by atoms with Crippen LogP contribution in [-0.4, -0.2) is 45.2 Å². The molecule has 0 bridgehead atoms. The van der Waals surface area contributed by atoms with Crippen LogP contribution >= 0.6 is 0 Å². The summed E-state index contributed by atoms with van der Waals surface area (Å²) >= 11 is 0. The van der Waals surface area contributed by atoms with Crippen LogP contribution in [-0.2, 0) is 6.54 Å². The van der Waals surface area contributed by atoms with E-state index in [-0.39, 0.29) is 5.91 Å². The van der Waals surface area contributed by atoms with E-state index >= 15 is 0 Å². The Bertz CT molecular complexity index is 640. The lowest BCUT2D eigenvalue weighted by Crippen LogP contribution is -2.27. The van der Waals surface area contributed by atoms with Crippen molar-refractivity contribution in [1.82, 2.24) is 10.2 Å². The monoisotopic (exact) mass is 332 g/mol. The van der Waals surface area contributed by atoms with Gasteiger partial charge in [-0.05, 0) is 49.8 Å². The average Bonchev–Trinajstić information content (AvgIpc) is 3.13. The van der Waals surface area contributed by atoms with Crippen molar-refractivity contribution in [3.8, 4) is 11.5 Å². The second kappa shape index (κ2) is 8.98. The van der Waals surface area contributed by atoms with Crippen molar-refractivity contribution in [1.29, 1.82) is 0 Å². The van der Waals surface area contributed by atoms with E-state index in [1.54, 1.807) is 26.4 Å². The Balaban J connectivity index is 1.73. The van der Waals surface area contributed by atoms with Crippen LogP contribution in [0.3, 0.4) is 0 Å². The van der Waals surface area contributed by atoms with Crippen molar-refractivity contribution in [3.05, 3.63) is 47.9 Å². The number of benzene rings is 1. The highest BCUT2D eigenvalue weighted by atomic mass is 16.5. The largest absolute Gasteiger partial charge is 0.493 e. The molecule has 0 saturated heterocycles. The lowest BCUT2D eigenvalue weighted by molar-refractivity contribution is 0.0924. The number of furan rings is 1. The highest BCUT2D eigenvalue weighted by Gasteiger charge is 2.08. The average molecular weight is 332 g/mol. The lowest BCUT2D eigenvalue weighted by Gasteiger charge is -2.17. The summed E-state index contributed by atoms with van der Waals surface area (Å²) < 4.78 is 15.6. The first kappa shape index (κ1) is 17.9. The number of nitrogens with zero attached hydrogens (tertiary/aromatic N) is 1. The third-order valence-corrected chi connectivity index (χ3v) is 3.65. The maximum atomic E-state index is 11.7. The first-order valence-corrected chi connectivity index (χ1v) is 7.85. The van der Waals surface area contributed by atoms with Gasteiger partial charge in [-0.2, -0.15) is 0 Å². The topological polar surface area (TPSA) is 63.9 Å². The summed E-state index contributed by atoms with van der Waals surface area (Å²) in [5.74, 6) is 1.62. The van der Waals surface area contributed by atoms with Crippen molar-refractivity contribution in [2.75, 3.05) is 34.4 Å². The fourth-order valence-electron chi connectivity index (χ4n) is 2.42. The summed E-state index contributed by atoms with van der Waals surface area (Å²) in [7, 11) is 5.30. The molecule has 0 atom stereocenters. The number of carbonyl (C=O) groups excluding carboxylic acids is 1. The summed E-state index contributed by atoms with van der Waals surface area (Å²) in [6, 6.07) is 9.26. The number of hydrogen-bond acceptors (Lipinski definition) is 5. The molecule has 0 spiro atoms. The molecular weight excluding hydrogens is 308 g/mol. The lowest BCUT2D eigenvalue weighted by atomic mass is 10.2. The number of methoxy groups -OCH3 is 2. The Morgan fingerprint density at radius 1 is 1.21 bits per heavy atom. The number of rotatable bonds is 9. The summed E-state index contributed by atoms with van der Waals surface area (Å²) in [6.45, 7) is 2.27. The predicted molar refractivity (Wildman–Crippen MR) is 91.5 cm³/mol. The quantitative estimate of drug-likeness (QED) is 0.715. The molecule has 1 heterocycles. The van der Waals surface area contributed by atoms with Crippen molar-refractivity contribution >= 4 is 5.91 Å². The van der Waals surface area contributed by atoms with Crippen LogP contribution in [0.15, 0.2) is 41.0 Å². The molecule has 2 aromatic rings. The molecule has 6 nitrogen and oxygen atoms in total. The maximum absolute atomic E-state index is 11.7. The zero-order valence-corrected chi connectivity index (χ0v) is 14.4. The third-order valence-electron chi connectivity index (χ3n) is 3.65. The summed E-state index contributed by atoms with van der Waals surface area (Å²) in [4.78, 5) is 13.9. The molecule has 1 N–H and O–H groups in total. The van der Waals surface area contributed by atoms with E-state index in [1.807, 2.05) is 25.2 Å². The van der Waals surface area contributed by atoms with Gasteiger partial charge in [0, 0.05) is 13.1 Å². The molecule has 1 amide bonds. The second-order valence-electron chi connectivity index (χ2n) is 5.51. The van der Waals surface area contributed by atoms with Gasteiger partial charge >= 0.3 is 0 Å². The van der Waals surface area contributed by atoms with E-state index < -0.39 is 0 Å². The van der Waals surface area contributed by atoms with Gasteiger partial charge in [-0.3, -0.25) is 4.79 Å². The van der Waals surface area contributed by atoms with Crippen molar-refractivity contribution < 1.29 is 18.7 Å². The second-order valence-corrected chi connectivity index (χ2v) is 5.51. The van der Waals surface area contributed by atoms with Gasteiger partial charge in [0.15, 0.2) is 17.3 Å². The Kier molecular flexibility index (Phi) is 6.69. The zero-order chi connectivity index (χ0) is 17.4. The van der Waals surface area contributed by atoms with Gasteiger partial charge < -0.3 is 24.1 Å². The molecule has 24 heavy (non-hydrogen) atoms. The standard InChI is InChI=1S/C18H24N2O4/c1-20(10-5-9-19-18(21)16-6-4-11-24-16)13-14-7-8-15(22-2)17(12-14)23-3/h4,6-8,11-12H,5,9-10,13H2,1-3H3,(H,19,21). The highest BCUT2D eigenvalue weighted by molar-refractivity contribution is 5.91. The van der Waals surface area contributed by atoms with E-state index in [1.165, 1.54) is 6.26 Å². The van der Waals surface area contributed by atoms with Crippen LogP contribution in [0.2, 0.25) is 0 Å². The molecule has 0 fully saturated rings. The van der Waals surface area contributed by atoms with Crippen LogP contribution in [0, 0.1) is 0 Å². The van der Waals surface area contributed by atoms with Crippen molar-refractivity contribution in [3.63, 3.8) is 0 Å². The number of ether oxygens (including phenoxy) is 2. The molecule has 130 valence electrons. The Hall–Kier alpha value is -2.47. The Labute approximate surface area is 142 Å². The van der Waals surface area contributed by atoms with Crippen LogP contribution in [0.5, 0.6) is 11.5 Å². The zero-order valence-electron chi connectivity index (χ0n) is 14.4. The summed E-state index contributed by atoms with van der Waals surface area (Å²) in [6.07, 6.45) is 2.35. The molecule has 6 heteroatoms. The van der Waals surface area contributed by atoms with E-state index in [4.69, 9.17) is 13.9 Å². The normalized spacial score (nSPS) is 10.7. The minimum atomic E-state index is -0.178. The molecule has 1 aromatic carbocycles.